The molecule has 3 rings (SSSR count). The van der Waals surface area contributed by atoms with Gasteiger partial charge in [0.2, 0.25) is 0 Å². The van der Waals surface area contributed by atoms with Gasteiger partial charge in [0.25, 0.3) is 0 Å². The van der Waals surface area contributed by atoms with Crippen LogP contribution in [-0.4, -0.2) is 17.1 Å². The fraction of sp³-hybridized carbons (Fsp3) is 0.438. The third-order valence-electron chi connectivity index (χ3n) is 4.16. The van der Waals surface area contributed by atoms with E-state index in [1.807, 2.05) is 30.5 Å². The Hall–Kier alpha value is -1.97. The molecule has 1 saturated carbocycles. The molecule has 106 valence electrons. The van der Waals surface area contributed by atoms with Gasteiger partial charge in [0.15, 0.2) is 0 Å². The van der Waals surface area contributed by atoms with Gasteiger partial charge in [-0.2, -0.15) is 0 Å². The van der Waals surface area contributed by atoms with Crippen LogP contribution < -0.4 is 10.6 Å². The van der Waals surface area contributed by atoms with E-state index in [1.54, 1.807) is 0 Å². The molecule has 0 atom stereocenters. The average molecular weight is 271 g/mol. The van der Waals surface area contributed by atoms with E-state index in [9.17, 15) is 4.79 Å². The molecule has 0 spiro atoms. The van der Waals surface area contributed by atoms with Crippen LogP contribution in [-0.2, 0) is 0 Å². The number of amides is 2. The first-order valence-electron chi connectivity index (χ1n) is 7.35. The van der Waals surface area contributed by atoms with E-state index in [-0.39, 0.29) is 6.03 Å². The first kappa shape index (κ1) is 13.0. The predicted octanol–water partition coefficient (Wildman–Crippen LogP) is 3.87. The van der Waals surface area contributed by atoms with Crippen LogP contribution in [0.25, 0.3) is 10.9 Å². The highest BCUT2D eigenvalue weighted by Gasteiger charge is 2.19. The Kier molecular flexibility index (Phi) is 3.63. The van der Waals surface area contributed by atoms with Crippen molar-refractivity contribution < 1.29 is 4.79 Å². The predicted molar refractivity (Wildman–Crippen MR) is 81.9 cm³/mol. The van der Waals surface area contributed by atoms with Crippen LogP contribution >= 0.6 is 0 Å². The Morgan fingerprint density at radius 2 is 2.00 bits per heavy atom. The summed E-state index contributed by atoms with van der Waals surface area (Å²) < 4.78 is 0. The molecule has 1 aromatic carbocycles. The van der Waals surface area contributed by atoms with Crippen LogP contribution in [0.4, 0.5) is 10.5 Å². The van der Waals surface area contributed by atoms with Crippen molar-refractivity contribution >= 4 is 22.6 Å². The van der Waals surface area contributed by atoms with E-state index >= 15 is 0 Å². The minimum atomic E-state index is -0.0977. The second-order valence-electron chi connectivity index (χ2n) is 5.83. The SMILES string of the molecule is CC1CCC(NC(=O)Nc2ccc3[nH]ccc3c2)CC1. The summed E-state index contributed by atoms with van der Waals surface area (Å²) in [4.78, 5) is 15.1. The zero-order chi connectivity index (χ0) is 13.9. The van der Waals surface area contributed by atoms with Crippen LogP contribution in [0.1, 0.15) is 32.6 Å². The molecule has 2 aromatic rings. The number of hydrogen-bond acceptors (Lipinski definition) is 1. The molecule has 0 bridgehead atoms. The maximum absolute atomic E-state index is 12.0. The molecule has 1 aromatic heterocycles. The van der Waals surface area contributed by atoms with Crippen molar-refractivity contribution in [2.24, 2.45) is 5.92 Å². The fourth-order valence-electron chi connectivity index (χ4n) is 2.89. The average Bonchev–Trinajstić information content (AvgIpc) is 2.89. The maximum Gasteiger partial charge on any atom is 0.319 e. The van der Waals surface area contributed by atoms with Gasteiger partial charge in [0.05, 0.1) is 0 Å². The molecule has 1 aliphatic carbocycles. The number of carbonyl (C=O) groups excluding carboxylic acids is 1. The molecule has 1 aliphatic rings. The minimum Gasteiger partial charge on any atom is -0.361 e. The van der Waals surface area contributed by atoms with E-state index in [0.29, 0.717) is 6.04 Å². The third kappa shape index (κ3) is 2.95. The maximum atomic E-state index is 12.0. The zero-order valence-electron chi connectivity index (χ0n) is 11.8. The van der Waals surface area contributed by atoms with Crippen LogP contribution in [0.15, 0.2) is 30.5 Å². The lowest BCUT2D eigenvalue weighted by atomic mass is 9.87. The number of carbonyl (C=O) groups is 1. The van der Waals surface area contributed by atoms with Gasteiger partial charge >= 0.3 is 6.03 Å². The number of nitrogens with one attached hydrogen (secondary N) is 3. The van der Waals surface area contributed by atoms with Crippen LogP contribution in [0, 0.1) is 5.92 Å². The van der Waals surface area contributed by atoms with Crippen LogP contribution in [0.3, 0.4) is 0 Å². The van der Waals surface area contributed by atoms with E-state index in [4.69, 9.17) is 0 Å². The summed E-state index contributed by atoms with van der Waals surface area (Å²) in [6.45, 7) is 2.28. The van der Waals surface area contributed by atoms with E-state index < -0.39 is 0 Å². The largest absolute Gasteiger partial charge is 0.361 e. The summed E-state index contributed by atoms with van der Waals surface area (Å²) in [6.07, 6.45) is 6.50. The van der Waals surface area contributed by atoms with Gasteiger partial charge in [0, 0.05) is 28.8 Å². The van der Waals surface area contributed by atoms with Crippen molar-refractivity contribution in [1.29, 1.82) is 0 Å². The van der Waals surface area contributed by atoms with Crippen molar-refractivity contribution in [3.8, 4) is 0 Å². The van der Waals surface area contributed by atoms with Crippen molar-refractivity contribution in [2.75, 3.05) is 5.32 Å². The summed E-state index contributed by atoms with van der Waals surface area (Å²) in [5.74, 6) is 0.798. The summed E-state index contributed by atoms with van der Waals surface area (Å²) >= 11 is 0. The number of anilines is 1. The number of fused-ring (bicyclic) bond motifs is 1. The summed E-state index contributed by atoms with van der Waals surface area (Å²) in [7, 11) is 0. The second kappa shape index (κ2) is 5.57. The molecule has 4 heteroatoms. The first-order chi connectivity index (χ1) is 9.70. The molecule has 3 N–H and O–H groups in total. The Morgan fingerprint density at radius 1 is 1.20 bits per heavy atom. The number of H-pyrrole nitrogens is 1. The molecule has 0 aliphatic heterocycles. The van der Waals surface area contributed by atoms with E-state index in [0.717, 1.165) is 35.3 Å². The molecule has 1 heterocycles. The first-order valence-corrected chi connectivity index (χ1v) is 7.35. The molecule has 1 fully saturated rings. The molecule has 0 radical (unpaired) electrons. The summed E-state index contributed by atoms with van der Waals surface area (Å²) in [6, 6.07) is 8.10. The number of urea groups is 1. The summed E-state index contributed by atoms with van der Waals surface area (Å²) in [5.41, 5.74) is 1.91. The van der Waals surface area contributed by atoms with Crippen molar-refractivity contribution in [1.82, 2.24) is 10.3 Å². The van der Waals surface area contributed by atoms with Crippen molar-refractivity contribution in [2.45, 2.75) is 38.6 Å². The highest BCUT2D eigenvalue weighted by molar-refractivity contribution is 5.92. The Labute approximate surface area is 118 Å². The number of benzene rings is 1. The number of aromatic amines is 1. The van der Waals surface area contributed by atoms with Crippen molar-refractivity contribution in [3.63, 3.8) is 0 Å². The smallest absolute Gasteiger partial charge is 0.319 e. The second-order valence-corrected chi connectivity index (χ2v) is 5.83. The van der Waals surface area contributed by atoms with E-state index in [2.05, 4.69) is 22.5 Å². The Balaban J connectivity index is 1.58. The van der Waals surface area contributed by atoms with Crippen LogP contribution in [0.2, 0.25) is 0 Å². The van der Waals surface area contributed by atoms with Gasteiger partial charge in [-0.05, 0) is 55.9 Å². The molecular formula is C16H21N3O. The molecule has 4 nitrogen and oxygen atoms in total. The number of hydrogen-bond donors (Lipinski definition) is 3. The quantitative estimate of drug-likeness (QED) is 0.763. The van der Waals surface area contributed by atoms with Gasteiger partial charge in [-0.25, -0.2) is 4.79 Å². The fourth-order valence-corrected chi connectivity index (χ4v) is 2.89. The van der Waals surface area contributed by atoms with Crippen LogP contribution in [0.5, 0.6) is 0 Å². The normalized spacial score (nSPS) is 22.6. The van der Waals surface area contributed by atoms with Gasteiger partial charge < -0.3 is 15.6 Å². The third-order valence-corrected chi connectivity index (χ3v) is 4.16. The standard InChI is InChI=1S/C16H21N3O/c1-11-2-4-13(5-3-11)18-16(20)19-14-6-7-15-12(10-14)8-9-17-15/h6-11,13,17H,2-5H2,1H3,(H2,18,19,20). The highest BCUT2D eigenvalue weighted by atomic mass is 16.2. The zero-order valence-corrected chi connectivity index (χ0v) is 11.8. The molecular weight excluding hydrogens is 250 g/mol. The van der Waals surface area contributed by atoms with Gasteiger partial charge in [0.1, 0.15) is 0 Å². The van der Waals surface area contributed by atoms with Crippen molar-refractivity contribution in [3.05, 3.63) is 30.5 Å². The van der Waals surface area contributed by atoms with Gasteiger partial charge in [-0.3, -0.25) is 0 Å². The van der Waals surface area contributed by atoms with Gasteiger partial charge in [-0.1, -0.05) is 6.92 Å². The minimum absolute atomic E-state index is 0.0977. The molecule has 20 heavy (non-hydrogen) atoms. The van der Waals surface area contributed by atoms with E-state index in [1.165, 1.54) is 12.8 Å². The lowest BCUT2D eigenvalue weighted by Crippen LogP contribution is -2.39. The lowest BCUT2D eigenvalue weighted by Gasteiger charge is -2.26. The number of rotatable bonds is 2. The topological polar surface area (TPSA) is 56.9 Å². The molecule has 0 unspecified atom stereocenters. The molecule has 2 amide bonds. The Morgan fingerprint density at radius 3 is 2.80 bits per heavy atom. The monoisotopic (exact) mass is 271 g/mol. The number of aromatic nitrogens is 1. The highest BCUT2D eigenvalue weighted by Crippen LogP contribution is 2.23. The Bertz CT molecular complexity index is 597. The summed E-state index contributed by atoms with van der Waals surface area (Å²) in [5, 5.41) is 7.10. The molecule has 0 saturated heterocycles. The van der Waals surface area contributed by atoms with Gasteiger partial charge in [-0.15, -0.1) is 0 Å². The lowest BCUT2D eigenvalue weighted by molar-refractivity contribution is 0.239.